The zero-order valence-corrected chi connectivity index (χ0v) is 22.9. The summed E-state index contributed by atoms with van der Waals surface area (Å²) in [6.45, 7) is 2.53. The third-order valence-corrected chi connectivity index (χ3v) is 6.72. The molecule has 3 N–H and O–H groups in total. The number of aryl methyl sites for hydroxylation is 1. The van der Waals surface area contributed by atoms with Crippen molar-refractivity contribution >= 4 is 51.6 Å². The largest absolute Gasteiger partial charge is 0.496 e. The zero-order chi connectivity index (χ0) is 26.8. The van der Waals surface area contributed by atoms with E-state index < -0.39 is 0 Å². The van der Waals surface area contributed by atoms with Crippen molar-refractivity contribution in [1.82, 2.24) is 24.3 Å². The molecule has 0 aliphatic carbocycles. The Hall–Kier alpha value is -4.18. The van der Waals surface area contributed by atoms with Gasteiger partial charge in [-0.2, -0.15) is 0 Å². The normalized spacial score (nSPS) is 14.7. The molecule has 4 aromatic rings. The monoisotopic (exact) mass is 621 g/mol. The Morgan fingerprint density at radius 2 is 2.08 bits per heavy atom. The van der Waals surface area contributed by atoms with Crippen molar-refractivity contribution in [2.75, 3.05) is 24.7 Å². The van der Waals surface area contributed by atoms with Crippen LogP contribution in [-0.2, 0) is 4.79 Å². The Bertz CT molecular complexity index is 1600. The van der Waals surface area contributed by atoms with Gasteiger partial charge in [-0.05, 0) is 47.5 Å². The molecular weight excluding hydrogens is 597 g/mol. The number of nitrogen functional groups attached to an aromatic ring is 1. The van der Waals surface area contributed by atoms with Crippen molar-refractivity contribution < 1.29 is 14.3 Å². The summed E-state index contributed by atoms with van der Waals surface area (Å²) in [6.07, 6.45) is 6.68. The van der Waals surface area contributed by atoms with Gasteiger partial charge in [0.25, 0.3) is 11.8 Å². The fraction of sp³-hybridized carbons (Fsp3) is 0.222. The molecule has 1 atom stereocenters. The highest BCUT2D eigenvalue weighted by Gasteiger charge is 2.33. The number of likely N-dealkylation sites (tertiary alicyclic amines) is 1. The van der Waals surface area contributed by atoms with Gasteiger partial charge in [0.15, 0.2) is 0 Å². The lowest BCUT2D eigenvalue weighted by molar-refractivity contribution is -0.126. The lowest BCUT2D eigenvalue weighted by atomic mass is 10.1. The third-order valence-electron chi connectivity index (χ3n) is 6.45. The number of imidazole rings is 1. The van der Waals surface area contributed by atoms with Gasteiger partial charge >= 0.3 is 0 Å². The summed E-state index contributed by atoms with van der Waals surface area (Å²) < 4.78 is 10.1. The summed E-state index contributed by atoms with van der Waals surface area (Å²) in [4.78, 5) is 40.9. The number of nitrogens with two attached hydrogens (primary N) is 1. The van der Waals surface area contributed by atoms with Crippen LogP contribution in [0.25, 0.3) is 16.8 Å². The van der Waals surface area contributed by atoms with Gasteiger partial charge in [0.2, 0.25) is 0 Å². The van der Waals surface area contributed by atoms with E-state index in [2.05, 4.69) is 25.1 Å². The second kappa shape index (κ2) is 10.7. The average Bonchev–Trinajstić information content (AvgIpc) is 3.55. The first-order valence-corrected chi connectivity index (χ1v) is 13.0. The molecule has 5 rings (SSSR count). The Balaban J connectivity index is 1.55. The predicted octanol–water partition coefficient (Wildman–Crippen LogP) is 4.00. The Labute approximate surface area is 232 Å². The van der Waals surface area contributed by atoms with Gasteiger partial charge in [-0.25, -0.2) is 15.0 Å². The van der Waals surface area contributed by atoms with E-state index in [1.54, 1.807) is 47.8 Å². The molecule has 1 saturated heterocycles. The van der Waals surface area contributed by atoms with Crippen LogP contribution in [0.1, 0.15) is 40.6 Å². The van der Waals surface area contributed by atoms with Gasteiger partial charge in [0, 0.05) is 59.2 Å². The van der Waals surface area contributed by atoms with Gasteiger partial charge in [-0.15, -0.1) is 0 Å². The average molecular weight is 621 g/mol. The highest BCUT2D eigenvalue weighted by molar-refractivity contribution is 14.1. The molecule has 192 valence electrons. The molecule has 0 bridgehead atoms. The van der Waals surface area contributed by atoms with Crippen LogP contribution in [0.3, 0.4) is 0 Å². The van der Waals surface area contributed by atoms with Crippen molar-refractivity contribution in [2.45, 2.75) is 25.8 Å². The maximum atomic E-state index is 13.0. The summed E-state index contributed by atoms with van der Waals surface area (Å²) >= 11 is 1.86. The summed E-state index contributed by atoms with van der Waals surface area (Å²) in [5.74, 6) is 3.83. The Morgan fingerprint density at radius 1 is 1.24 bits per heavy atom. The van der Waals surface area contributed by atoms with E-state index in [9.17, 15) is 9.59 Å². The summed E-state index contributed by atoms with van der Waals surface area (Å²) in [7, 11) is 1.50. The molecule has 0 unspecified atom stereocenters. The minimum absolute atomic E-state index is 0.234. The number of anilines is 2. The molecule has 0 spiro atoms. The first-order chi connectivity index (χ1) is 18.4. The number of nitrogens with zero attached hydrogens (tertiary/aromatic N) is 5. The topological polar surface area (TPSA) is 128 Å². The number of ether oxygens (including phenoxy) is 1. The van der Waals surface area contributed by atoms with Crippen LogP contribution in [0.5, 0.6) is 5.75 Å². The molecule has 2 amide bonds. The number of amides is 2. The number of nitrogens with one attached hydrogen (secondary N) is 1. The fourth-order valence-electron chi connectivity index (χ4n) is 4.67. The number of hydrogen-bond acceptors (Lipinski definition) is 7. The van der Waals surface area contributed by atoms with E-state index in [1.165, 1.54) is 7.11 Å². The van der Waals surface area contributed by atoms with E-state index >= 15 is 0 Å². The highest BCUT2D eigenvalue weighted by Crippen LogP contribution is 2.37. The quantitative estimate of drug-likeness (QED) is 0.255. The van der Waals surface area contributed by atoms with Crippen molar-refractivity contribution in [3.05, 3.63) is 65.9 Å². The van der Waals surface area contributed by atoms with Crippen molar-refractivity contribution in [3.8, 4) is 26.9 Å². The standard InChI is InChI=1S/C27H24IN7O3/c1-16-5-8-21(31-15-16)32-27(37)18-7-6-17(14-20(18)38-2)23-24-25(29)30-11-13-35(24)26(33-23)19-4-3-12-34(19)22(36)9-10-28/h5-8,11,13-15,19H,3-4,12H2,1-2H3,(H2,29,30)(H,31,32,37)/t19-/m0/s1. The number of benzene rings is 1. The molecule has 1 fully saturated rings. The van der Waals surface area contributed by atoms with Gasteiger partial charge in [-0.1, -0.05) is 12.1 Å². The molecule has 1 aliphatic rings. The van der Waals surface area contributed by atoms with E-state index in [0.29, 0.717) is 52.1 Å². The molecule has 11 heteroatoms. The van der Waals surface area contributed by atoms with E-state index in [-0.39, 0.29) is 17.9 Å². The minimum atomic E-state index is -0.349. The number of methoxy groups -OCH3 is 1. The van der Waals surface area contributed by atoms with Crippen LogP contribution < -0.4 is 15.8 Å². The number of hydrogen-bond donors (Lipinski definition) is 2. The highest BCUT2D eigenvalue weighted by atomic mass is 127. The van der Waals surface area contributed by atoms with E-state index in [4.69, 9.17) is 15.5 Å². The lowest BCUT2D eigenvalue weighted by Crippen LogP contribution is -2.30. The molecule has 1 aromatic carbocycles. The summed E-state index contributed by atoms with van der Waals surface area (Å²) in [5, 5.41) is 2.80. The van der Waals surface area contributed by atoms with Crippen LogP contribution in [-0.4, -0.2) is 49.7 Å². The predicted molar refractivity (Wildman–Crippen MR) is 152 cm³/mol. The number of aromatic nitrogens is 4. The fourth-order valence-corrected chi connectivity index (χ4v) is 4.90. The van der Waals surface area contributed by atoms with Crippen LogP contribution in [0.2, 0.25) is 0 Å². The third kappa shape index (κ3) is 4.74. The van der Waals surface area contributed by atoms with Crippen molar-refractivity contribution in [3.63, 3.8) is 0 Å². The molecular formula is C27H24IN7O3. The van der Waals surface area contributed by atoms with Crippen LogP contribution in [0, 0.1) is 16.8 Å². The second-order valence-electron chi connectivity index (χ2n) is 8.82. The van der Waals surface area contributed by atoms with E-state index in [1.807, 2.05) is 40.0 Å². The Morgan fingerprint density at radius 3 is 2.82 bits per heavy atom. The molecule has 38 heavy (non-hydrogen) atoms. The first kappa shape index (κ1) is 25.5. The molecule has 1 aliphatic heterocycles. The summed E-state index contributed by atoms with van der Waals surface area (Å²) in [5.41, 5.74) is 9.54. The molecule has 4 heterocycles. The maximum Gasteiger partial charge on any atom is 0.299 e. The molecule has 0 radical (unpaired) electrons. The first-order valence-electron chi connectivity index (χ1n) is 11.9. The van der Waals surface area contributed by atoms with Gasteiger partial charge in [0.05, 0.1) is 18.7 Å². The number of pyridine rings is 1. The molecule has 3 aromatic heterocycles. The molecule has 10 nitrogen and oxygen atoms in total. The van der Waals surface area contributed by atoms with Gasteiger partial charge in [-0.3, -0.25) is 14.0 Å². The van der Waals surface area contributed by atoms with Crippen molar-refractivity contribution in [2.24, 2.45) is 0 Å². The summed E-state index contributed by atoms with van der Waals surface area (Å²) in [6, 6.07) is 8.57. The van der Waals surface area contributed by atoms with Crippen LogP contribution >= 0.6 is 22.6 Å². The molecule has 0 saturated carbocycles. The Kier molecular flexibility index (Phi) is 7.15. The number of carbonyl (C=O) groups excluding carboxylic acids is 2. The van der Waals surface area contributed by atoms with Gasteiger partial charge < -0.3 is 20.7 Å². The SMILES string of the molecule is COc1cc(-c2nc([C@@H]3CCCN3C(=O)C#CI)n3ccnc(N)c23)ccc1C(=O)Nc1ccc(C)cn1. The lowest BCUT2D eigenvalue weighted by Gasteiger charge is -2.21. The van der Waals surface area contributed by atoms with Crippen LogP contribution in [0.4, 0.5) is 11.6 Å². The van der Waals surface area contributed by atoms with Gasteiger partial charge in [0.1, 0.15) is 34.4 Å². The number of fused-ring (bicyclic) bond motifs is 1. The second-order valence-corrected chi connectivity index (χ2v) is 9.36. The van der Waals surface area contributed by atoms with E-state index in [0.717, 1.165) is 18.4 Å². The zero-order valence-electron chi connectivity index (χ0n) is 20.7. The minimum Gasteiger partial charge on any atom is -0.496 e. The number of carbonyl (C=O) groups is 2. The maximum absolute atomic E-state index is 13.0. The smallest absolute Gasteiger partial charge is 0.299 e. The van der Waals surface area contributed by atoms with Crippen LogP contribution in [0.15, 0.2) is 48.9 Å². The van der Waals surface area contributed by atoms with Crippen molar-refractivity contribution in [1.29, 1.82) is 0 Å². The number of rotatable bonds is 5. The number of halogens is 1.